The number of fused-ring (bicyclic) bond motifs is 2. The summed E-state index contributed by atoms with van der Waals surface area (Å²) in [5, 5.41) is 2.70. The topological polar surface area (TPSA) is 78.1 Å². The number of para-hydroxylation sites is 2. The van der Waals surface area contributed by atoms with Gasteiger partial charge >= 0.3 is 0 Å². The van der Waals surface area contributed by atoms with Gasteiger partial charge in [0.15, 0.2) is 0 Å². The van der Waals surface area contributed by atoms with Crippen molar-refractivity contribution in [3.8, 4) is 0 Å². The molecule has 0 atom stereocenters. The van der Waals surface area contributed by atoms with E-state index in [2.05, 4.69) is 31.0 Å². The molecule has 28 heavy (non-hydrogen) atoms. The molecule has 4 aromatic rings. The lowest BCUT2D eigenvalue weighted by Crippen LogP contribution is -2.30. The monoisotopic (exact) mass is 410 g/mol. The molecule has 8 heteroatoms. The molecule has 0 fully saturated rings. The van der Waals surface area contributed by atoms with E-state index < -0.39 is 10.0 Å². The smallest absolute Gasteiger partial charge is 0.264 e. The third-order valence-electron chi connectivity index (χ3n) is 5.00. The van der Waals surface area contributed by atoms with E-state index in [0.717, 1.165) is 25.2 Å². The zero-order valence-corrected chi connectivity index (χ0v) is 16.6. The third kappa shape index (κ3) is 2.94. The van der Waals surface area contributed by atoms with Crippen LogP contribution in [0.5, 0.6) is 0 Å². The Balaban J connectivity index is 1.49. The molecule has 1 aromatic carbocycles. The van der Waals surface area contributed by atoms with Crippen LogP contribution in [-0.4, -0.2) is 24.9 Å². The van der Waals surface area contributed by atoms with Crippen LogP contribution < -0.4 is 9.62 Å². The Morgan fingerprint density at radius 1 is 1.14 bits per heavy atom. The van der Waals surface area contributed by atoms with Gasteiger partial charge in [-0.05, 0) is 47.7 Å². The number of H-pyrrole nitrogens is 1. The molecule has 1 aliphatic heterocycles. The fourth-order valence-electron chi connectivity index (χ4n) is 3.64. The van der Waals surface area contributed by atoms with Crippen LogP contribution in [0.1, 0.15) is 10.4 Å². The summed E-state index contributed by atoms with van der Waals surface area (Å²) in [6, 6.07) is 13.2. The van der Waals surface area contributed by atoms with E-state index in [4.69, 9.17) is 0 Å². The normalized spacial score (nSPS) is 14.2. The number of aromatic nitrogens is 2. The van der Waals surface area contributed by atoms with Crippen molar-refractivity contribution >= 4 is 43.8 Å². The van der Waals surface area contributed by atoms with Gasteiger partial charge in [0.2, 0.25) is 0 Å². The van der Waals surface area contributed by atoms with Gasteiger partial charge in [-0.15, -0.1) is 11.3 Å². The lowest BCUT2D eigenvalue weighted by atomic mass is 10.1. The first-order chi connectivity index (χ1) is 13.6. The number of aromatic amines is 1. The Bertz CT molecular complexity index is 1260. The summed E-state index contributed by atoms with van der Waals surface area (Å²) in [4.78, 5) is 10.9. The first kappa shape index (κ1) is 17.3. The highest BCUT2D eigenvalue weighted by Gasteiger charge is 2.24. The first-order valence-electron chi connectivity index (χ1n) is 8.96. The second-order valence-corrected chi connectivity index (χ2v) is 9.37. The number of anilines is 2. The molecular formula is C20H18N4O2S2. The van der Waals surface area contributed by atoms with E-state index in [1.807, 2.05) is 24.3 Å². The van der Waals surface area contributed by atoms with Crippen LogP contribution in [0.2, 0.25) is 0 Å². The summed E-state index contributed by atoms with van der Waals surface area (Å²) < 4.78 is 29.0. The Hall–Kier alpha value is -2.84. The predicted octanol–water partition coefficient (Wildman–Crippen LogP) is 3.99. The van der Waals surface area contributed by atoms with E-state index >= 15 is 0 Å². The molecule has 0 radical (unpaired) electrons. The molecule has 6 nitrogen and oxygen atoms in total. The van der Waals surface area contributed by atoms with Gasteiger partial charge in [-0.3, -0.25) is 4.72 Å². The Morgan fingerprint density at radius 3 is 2.96 bits per heavy atom. The minimum Gasteiger partial charge on any atom is -0.365 e. The van der Waals surface area contributed by atoms with Crippen molar-refractivity contribution in [2.24, 2.45) is 0 Å². The molecule has 0 bridgehead atoms. The van der Waals surface area contributed by atoms with Gasteiger partial charge in [-0.25, -0.2) is 13.4 Å². The second-order valence-electron chi connectivity index (χ2n) is 6.72. The van der Waals surface area contributed by atoms with Gasteiger partial charge in [0.25, 0.3) is 10.0 Å². The molecule has 142 valence electrons. The number of nitrogens with one attached hydrogen (secondary N) is 2. The summed E-state index contributed by atoms with van der Waals surface area (Å²) in [5.74, 6) is 0. The molecular weight excluding hydrogens is 392 g/mol. The maximum Gasteiger partial charge on any atom is 0.264 e. The lowest BCUT2D eigenvalue weighted by Gasteiger charge is -2.30. The van der Waals surface area contributed by atoms with E-state index in [1.165, 1.54) is 16.6 Å². The fraction of sp³-hybridized carbons (Fsp3) is 0.150. The highest BCUT2D eigenvalue weighted by Crippen LogP contribution is 2.34. The molecule has 1 aliphatic rings. The van der Waals surface area contributed by atoms with Crippen molar-refractivity contribution in [1.82, 2.24) is 9.97 Å². The van der Waals surface area contributed by atoms with Crippen LogP contribution in [0.4, 0.5) is 11.4 Å². The SMILES string of the molecule is O=S(=O)(Nc1ccccc1N1CCc2sccc2C1)c1c[nH]c2ncccc12. The average molecular weight is 411 g/mol. The van der Waals surface area contributed by atoms with Crippen LogP contribution in [0, 0.1) is 0 Å². The van der Waals surface area contributed by atoms with Crippen LogP contribution in [0.25, 0.3) is 11.0 Å². The molecule has 0 unspecified atom stereocenters. The minimum absolute atomic E-state index is 0.198. The van der Waals surface area contributed by atoms with E-state index in [0.29, 0.717) is 16.7 Å². The number of pyridine rings is 1. The molecule has 4 heterocycles. The number of hydrogen-bond donors (Lipinski definition) is 2. The van der Waals surface area contributed by atoms with Crippen LogP contribution in [0.15, 0.2) is 65.1 Å². The molecule has 2 N–H and O–H groups in total. The quantitative estimate of drug-likeness (QED) is 0.533. The first-order valence-corrected chi connectivity index (χ1v) is 11.3. The lowest BCUT2D eigenvalue weighted by molar-refractivity contribution is 0.602. The number of thiophene rings is 1. The molecule has 0 saturated heterocycles. The number of benzene rings is 1. The van der Waals surface area contributed by atoms with Gasteiger partial charge in [0.05, 0.1) is 11.4 Å². The molecule has 0 amide bonds. The summed E-state index contributed by atoms with van der Waals surface area (Å²) >= 11 is 1.79. The highest BCUT2D eigenvalue weighted by molar-refractivity contribution is 7.93. The number of rotatable bonds is 4. The van der Waals surface area contributed by atoms with Crippen molar-refractivity contribution in [2.45, 2.75) is 17.9 Å². The Morgan fingerprint density at radius 2 is 2.04 bits per heavy atom. The van der Waals surface area contributed by atoms with E-state index in [1.54, 1.807) is 29.7 Å². The Labute approximate surface area is 166 Å². The third-order valence-corrected chi connectivity index (χ3v) is 7.43. The van der Waals surface area contributed by atoms with E-state index in [9.17, 15) is 8.42 Å². The Kier molecular flexibility index (Phi) is 4.10. The zero-order chi connectivity index (χ0) is 19.1. The van der Waals surface area contributed by atoms with Crippen molar-refractivity contribution in [3.63, 3.8) is 0 Å². The highest BCUT2D eigenvalue weighted by atomic mass is 32.2. The number of hydrogen-bond acceptors (Lipinski definition) is 5. The second kappa shape index (κ2) is 6.65. The standard InChI is InChI=1S/C20H18N4O2S2/c25-28(26,19-12-22-20-15(19)4-3-9-21-20)23-16-5-1-2-6-17(16)24-10-7-18-14(13-24)8-11-27-18/h1-6,8-9,11-12,23H,7,10,13H2,(H,21,22). The van der Waals surface area contributed by atoms with Gasteiger partial charge in [-0.1, -0.05) is 12.1 Å². The predicted molar refractivity (Wildman–Crippen MR) is 112 cm³/mol. The molecule has 0 aliphatic carbocycles. The fourth-order valence-corrected chi connectivity index (χ4v) is 5.77. The molecule has 0 spiro atoms. The van der Waals surface area contributed by atoms with Crippen molar-refractivity contribution in [1.29, 1.82) is 0 Å². The van der Waals surface area contributed by atoms with Crippen LogP contribution in [0.3, 0.4) is 0 Å². The van der Waals surface area contributed by atoms with Crippen molar-refractivity contribution < 1.29 is 8.42 Å². The van der Waals surface area contributed by atoms with Gasteiger partial charge in [0, 0.05) is 35.7 Å². The maximum absolute atomic E-state index is 13.1. The van der Waals surface area contributed by atoms with Gasteiger partial charge < -0.3 is 9.88 Å². The maximum atomic E-state index is 13.1. The van der Waals surface area contributed by atoms with Crippen LogP contribution >= 0.6 is 11.3 Å². The molecule has 5 rings (SSSR count). The van der Waals surface area contributed by atoms with Crippen molar-refractivity contribution in [2.75, 3.05) is 16.2 Å². The van der Waals surface area contributed by atoms with Gasteiger partial charge in [0.1, 0.15) is 10.5 Å². The van der Waals surface area contributed by atoms with E-state index in [-0.39, 0.29) is 4.90 Å². The minimum atomic E-state index is -3.75. The largest absolute Gasteiger partial charge is 0.365 e. The summed E-state index contributed by atoms with van der Waals surface area (Å²) in [6.07, 6.45) is 4.09. The average Bonchev–Trinajstić information content (AvgIpc) is 3.34. The summed E-state index contributed by atoms with van der Waals surface area (Å²) in [6.45, 7) is 1.65. The number of sulfonamides is 1. The van der Waals surface area contributed by atoms with Gasteiger partial charge in [-0.2, -0.15) is 0 Å². The molecule has 0 saturated carbocycles. The van der Waals surface area contributed by atoms with Crippen molar-refractivity contribution in [3.05, 3.63) is 70.7 Å². The summed E-state index contributed by atoms with van der Waals surface area (Å²) in [5.41, 5.74) is 3.34. The zero-order valence-electron chi connectivity index (χ0n) is 14.9. The van der Waals surface area contributed by atoms with Crippen LogP contribution in [-0.2, 0) is 23.0 Å². The summed E-state index contributed by atoms with van der Waals surface area (Å²) in [7, 11) is -3.75. The molecule has 3 aromatic heterocycles. The number of nitrogens with zero attached hydrogens (tertiary/aromatic N) is 2.